The normalized spacial score (nSPS) is 26.6. The number of nitrogens with one attached hydrogen (secondary N) is 1. The van der Waals surface area contributed by atoms with E-state index in [0.29, 0.717) is 12.8 Å². The van der Waals surface area contributed by atoms with Crippen LogP contribution in [0.4, 0.5) is 0 Å². The summed E-state index contributed by atoms with van der Waals surface area (Å²) in [5.74, 6) is -0.206. The van der Waals surface area contributed by atoms with Crippen molar-refractivity contribution < 1.29 is 9.90 Å². The molecule has 0 saturated heterocycles. The van der Waals surface area contributed by atoms with Gasteiger partial charge in [-0.2, -0.15) is 0 Å². The van der Waals surface area contributed by atoms with Gasteiger partial charge in [0.2, 0.25) is 5.91 Å². The molecular weight excluding hydrogens is 297 g/mol. The van der Waals surface area contributed by atoms with Gasteiger partial charge in [0.05, 0.1) is 17.6 Å². The monoisotopic (exact) mass is 315 g/mol. The first-order valence-electron chi connectivity index (χ1n) is 6.67. The van der Waals surface area contributed by atoms with Crippen LogP contribution in [0, 0.1) is 5.41 Å². The van der Waals surface area contributed by atoms with Crippen molar-refractivity contribution in [1.82, 2.24) is 5.32 Å². The van der Waals surface area contributed by atoms with Crippen molar-refractivity contribution in [3.05, 3.63) is 35.9 Å². The number of carbonyl (C=O) groups excluding carboxylic acids is 1. The van der Waals surface area contributed by atoms with Crippen LogP contribution in [-0.2, 0) is 11.2 Å². The fraction of sp³-hybridized carbons (Fsp3) is 0.533. The summed E-state index contributed by atoms with van der Waals surface area (Å²) in [7, 11) is 0. The molecule has 3 unspecified atom stereocenters. The molecule has 0 aromatic heterocycles. The van der Waals surface area contributed by atoms with Crippen molar-refractivity contribution >= 4 is 29.1 Å². The molecular formula is C15H19Cl2NO2. The molecule has 2 N–H and O–H groups in total. The van der Waals surface area contributed by atoms with E-state index >= 15 is 0 Å². The SMILES string of the molecule is CC(NC(=O)C1(C)CC1(Cl)Cl)C(O)Cc1ccccc1. The summed E-state index contributed by atoms with van der Waals surface area (Å²) in [6.07, 6.45) is 0.284. The summed E-state index contributed by atoms with van der Waals surface area (Å²) in [5.41, 5.74) is 0.277. The van der Waals surface area contributed by atoms with Crippen LogP contribution in [0.25, 0.3) is 0 Å². The topological polar surface area (TPSA) is 49.3 Å². The lowest BCUT2D eigenvalue weighted by molar-refractivity contribution is -0.127. The van der Waals surface area contributed by atoms with E-state index < -0.39 is 15.9 Å². The molecule has 0 bridgehead atoms. The smallest absolute Gasteiger partial charge is 0.229 e. The Labute approximate surface area is 129 Å². The van der Waals surface area contributed by atoms with Gasteiger partial charge in [-0.1, -0.05) is 30.3 Å². The molecule has 1 aliphatic rings. The highest BCUT2D eigenvalue weighted by Crippen LogP contribution is 2.63. The van der Waals surface area contributed by atoms with Gasteiger partial charge in [-0.05, 0) is 25.8 Å². The van der Waals surface area contributed by atoms with E-state index in [1.165, 1.54) is 0 Å². The van der Waals surface area contributed by atoms with E-state index in [2.05, 4.69) is 5.32 Å². The summed E-state index contributed by atoms with van der Waals surface area (Å²) in [4.78, 5) is 12.1. The lowest BCUT2D eigenvalue weighted by Gasteiger charge is -2.23. The quantitative estimate of drug-likeness (QED) is 0.821. The molecule has 5 heteroatoms. The highest BCUT2D eigenvalue weighted by atomic mass is 35.5. The Hall–Kier alpha value is -0.770. The lowest BCUT2D eigenvalue weighted by atomic mass is 10.0. The average molecular weight is 316 g/mol. The summed E-state index contributed by atoms with van der Waals surface area (Å²) in [5, 5.41) is 13.0. The molecule has 1 saturated carbocycles. The third kappa shape index (κ3) is 3.11. The Bertz CT molecular complexity index is 492. The fourth-order valence-electron chi connectivity index (χ4n) is 2.14. The van der Waals surface area contributed by atoms with Crippen molar-refractivity contribution in [2.75, 3.05) is 0 Å². The van der Waals surface area contributed by atoms with Gasteiger partial charge in [0.25, 0.3) is 0 Å². The van der Waals surface area contributed by atoms with E-state index in [1.54, 1.807) is 13.8 Å². The first-order chi connectivity index (χ1) is 9.26. The summed E-state index contributed by atoms with van der Waals surface area (Å²) >= 11 is 12.0. The van der Waals surface area contributed by atoms with Gasteiger partial charge in [-0.3, -0.25) is 4.79 Å². The number of carbonyl (C=O) groups is 1. The maximum absolute atomic E-state index is 12.1. The first-order valence-corrected chi connectivity index (χ1v) is 7.43. The zero-order valence-corrected chi connectivity index (χ0v) is 13.1. The van der Waals surface area contributed by atoms with Crippen LogP contribution in [0.5, 0.6) is 0 Å². The number of amides is 1. The van der Waals surface area contributed by atoms with E-state index in [0.717, 1.165) is 5.56 Å². The molecule has 1 aliphatic carbocycles. The van der Waals surface area contributed by atoms with Gasteiger partial charge >= 0.3 is 0 Å². The maximum atomic E-state index is 12.1. The zero-order valence-electron chi connectivity index (χ0n) is 11.6. The highest BCUT2D eigenvalue weighted by Gasteiger charge is 2.68. The van der Waals surface area contributed by atoms with E-state index in [-0.39, 0.29) is 11.9 Å². The molecule has 1 fully saturated rings. The average Bonchev–Trinajstić information content (AvgIpc) is 2.91. The van der Waals surface area contributed by atoms with Crippen LogP contribution in [-0.4, -0.2) is 27.5 Å². The number of aliphatic hydroxyl groups excluding tert-OH is 1. The van der Waals surface area contributed by atoms with Crippen LogP contribution < -0.4 is 5.32 Å². The fourth-order valence-corrected chi connectivity index (χ4v) is 2.85. The third-order valence-corrected chi connectivity index (χ3v) is 5.08. The van der Waals surface area contributed by atoms with Crippen LogP contribution in [0.2, 0.25) is 0 Å². The predicted molar refractivity (Wildman–Crippen MR) is 80.9 cm³/mol. The molecule has 0 spiro atoms. The third-order valence-electron chi connectivity index (χ3n) is 3.98. The summed E-state index contributed by atoms with van der Waals surface area (Å²) in [6, 6.07) is 9.31. The van der Waals surface area contributed by atoms with Crippen molar-refractivity contribution in [1.29, 1.82) is 0 Å². The largest absolute Gasteiger partial charge is 0.391 e. The second-order valence-electron chi connectivity index (χ2n) is 5.73. The van der Waals surface area contributed by atoms with Crippen LogP contribution in [0.1, 0.15) is 25.8 Å². The van der Waals surface area contributed by atoms with Gasteiger partial charge in [-0.15, -0.1) is 23.2 Å². The number of alkyl halides is 2. The lowest BCUT2D eigenvalue weighted by Crippen LogP contribution is -2.45. The first kappa shape index (κ1) is 15.6. The van der Waals surface area contributed by atoms with Gasteiger partial charge in [0.15, 0.2) is 0 Å². The summed E-state index contributed by atoms with van der Waals surface area (Å²) < 4.78 is -0.985. The Kier molecular flexibility index (Phi) is 4.33. The Morgan fingerprint density at radius 2 is 1.95 bits per heavy atom. The van der Waals surface area contributed by atoms with E-state index in [9.17, 15) is 9.90 Å². The maximum Gasteiger partial charge on any atom is 0.229 e. The van der Waals surface area contributed by atoms with Crippen molar-refractivity contribution in [2.24, 2.45) is 5.41 Å². The van der Waals surface area contributed by atoms with Crippen molar-refractivity contribution in [3.63, 3.8) is 0 Å². The Balaban J connectivity index is 1.89. The van der Waals surface area contributed by atoms with Gasteiger partial charge in [-0.25, -0.2) is 0 Å². The van der Waals surface area contributed by atoms with Crippen molar-refractivity contribution in [3.8, 4) is 0 Å². The second-order valence-corrected chi connectivity index (χ2v) is 7.22. The van der Waals surface area contributed by atoms with Crippen LogP contribution >= 0.6 is 23.2 Å². The minimum Gasteiger partial charge on any atom is -0.391 e. The minimum atomic E-state index is -0.985. The molecule has 110 valence electrons. The molecule has 3 nitrogen and oxygen atoms in total. The molecule has 0 radical (unpaired) electrons. The molecule has 1 aromatic rings. The van der Waals surface area contributed by atoms with Crippen LogP contribution in [0.3, 0.4) is 0 Å². The van der Waals surface area contributed by atoms with E-state index in [4.69, 9.17) is 23.2 Å². The molecule has 1 aromatic carbocycles. The number of aliphatic hydroxyl groups is 1. The number of hydrogen-bond donors (Lipinski definition) is 2. The van der Waals surface area contributed by atoms with Gasteiger partial charge in [0, 0.05) is 6.42 Å². The molecule has 20 heavy (non-hydrogen) atoms. The predicted octanol–water partition coefficient (Wildman–Crippen LogP) is 2.68. The van der Waals surface area contributed by atoms with Gasteiger partial charge < -0.3 is 10.4 Å². The number of halogens is 2. The van der Waals surface area contributed by atoms with E-state index in [1.807, 2.05) is 30.3 Å². The van der Waals surface area contributed by atoms with Crippen molar-refractivity contribution in [2.45, 2.75) is 43.2 Å². The Morgan fingerprint density at radius 3 is 2.45 bits per heavy atom. The molecule has 0 heterocycles. The number of hydrogen-bond acceptors (Lipinski definition) is 2. The number of benzene rings is 1. The van der Waals surface area contributed by atoms with Crippen LogP contribution in [0.15, 0.2) is 30.3 Å². The highest BCUT2D eigenvalue weighted by molar-refractivity contribution is 6.53. The minimum absolute atomic E-state index is 0.206. The summed E-state index contributed by atoms with van der Waals surface area (Å²) in [6.45, 7) is 3.51. The molecule has 1 amide bonds. The number of rotatable bonds is 5. The second kappa shape index (κ2) is 5.55. The standard InChI is InChI=1S/C15H19Cl2NO2/c1-10(12(19)8-11-6-4-3-5-7-11)18-13(20)14(2)9-15(14,16)17/h3-7,10,12,19H,8-9H2,1-2H3,(H,18,20). The Morgan fingerprint density at radius 1 is 1.40 bits per heavy atom. The molecule has 0 aliphatic heterocycles. The molecule has 2 rings (SSSR count). The zero-order chi connectivity index (χ0) is 15.0. The molecule has 3 atom stereocenters. The van der Waals surface area contributed by atoms with Gasteiger partial charge in [0.1, 0.15) is 4.33 Å².